The smallest absolute Gasteiger partial charge is 0.231 e. The summed E-state index contributed by atoms with van der Waals surface area (Å²) in [7, 11) is 1.61. The second-order valence-corrected chi connectivity index (χ2v) is 8.57. The Morgan fingerprint density at radius 2 is 2.15 bits per heavy atom. The Labute approximate surface area is 159 Å². The standard InChI is InChI=1S/C19H16N4OS2/c1-19(8-17(24)23(2)18(21)22-19)11-3-5-15-13(7-11)14(10-25-15)16-6-4-12(9-20)26-16/h3-7,10H,8H2,1-2H3,(H2,21,22)/t19-/m1/s1. The molecule has 0 saturated carbocycles. The van der Waals surface area contributed by atoms with E-state index in [1.165, 1.54) is 16.2 Å². The van der Waals surface area contributed by atoms with Crippen LogP contribution in [0, 0.1) is 16.7 Å². The minimum Gasteiger partial charge on any atom is -0.346 e. The van der Waals surface area contributed by atoms with Crippen LogP contribution >= 0.6 is 22.7 Å². The zero-order chi connectivity index (χ0) is 18.5. The van der Waals surface area contributed by atoms with Crippen LogP contribution in [-0.4, -0.2) is 23.8 Å². The molecule has 4 rings (SSSR count). The lowest BCUT2D eigenvalue weighted by atomic mass is 9.86. The third kappa shape index (κ3) is 2.59. The van der Waals surface area contributed by atoms with Crippen LogP contribution in [0.15, 0.2) is 35.7 Å². The summed E-state index contributed by atoms with van der Waals surface area (Å²) >= 11 is 3.15. The fourth-order valence-corrected chi connectivity index (χ4v) is 5.06. The van der Waals surface area contributed by atoms with Crippen LogP contribution in [0.5, 0.6) is 0 Å². The molecule has 0 aliphatic carbocycles. The number of thiophene rings is 2. The highest BCUT2D eigenvalue weighted by molar-refractivity contribution is 7.19. The molecule has 3 heterocycles. The van der Waals surface area contributed by atoms with Crippen LogP contribution in [0.2, 0.25) is 0 Å². The van der Waals surface area contributed by atoms with E-state index < -0.39 is 5.54 Å². The molecule has 1 aromatic carbocycles. The summed E-state index contributed by atoms with van der Waals surface area (Å²) in [5.41, 5.74) is 1.48. The topological polar surface area (TPSA) is 80.0 Å². The van der Waals surface area contributed by atoms with Crippen molar-refractivity contribution in [2.75, 3.05) is 7.05 Å². The molecule has 5 nitrogen and oxygen atoms in total. The molecule has 1 atom stereocenters. The highest BCUT2D eigenvalue weighted by Gasteiger charge is 2.38. The van der Waals surface area contributed by atoms with Gasteiger partial charge in [-0.25, -0.2) is 0 Å². The first-order valence-electron chi connectivity index (χ1n) is 8.06. The third-order valence-electron chi connectivity index (χ3n) is 4.80. The first-order chi connectivity index (χ1) is 12.4. The highest BCUT2D eigenvalue weighted by atomic mass is 32.1. The van der Waals surface area contributed by atoms with Crippen LogP contribution < -0.4 is 5.32 Å². The fourth-order valence-electron chi connectivity index (χ4n) is 3.22. The number of carbonyl (C=O) groups excluding carboxylic acids is 1. The maximum atomic E-state index is 12.2. The summed E-state index contributed by atoms with van der Waals surface area (Å²) in [6.07, 6.45) is 0.300. The number of nitrogens with zero attached hydrogens (tertiary/aromatic N) is 2. The normalized spacial score (nSPS) is 20.3. The molecule has 1 fully saturated rings. The van der Waals surface area contributed by atoms with Gasteiger partial charge >= 0.3 is 0 Å². The lowest BCUT2D eigenvalue weighted by Gasteiger charge is -2.39. The number of nitrogens with one attached hydrogen (secondary N) is 2. The van der Waals surface area contributed by atoms with Gasteiger partial charge < -0.3 is 5.32 Å². The summed E-state index contributed by atoms with van der Waals surface area (Å²) in [5.74, 6) is 0.0464. The molecule has 130 valence electrons. The molecular formula is C19H16N4OS2. The minimum atomic E-state index is -0.610. The zero-order valence-corrected chi connectivity index (χ0v) is 15.9. The maximum Gasteiger partial charge on any atom is 0.231 e. The van der Waals surface area contributed by atoms with E-state index in [9.17, 15) is 4.79 Å². The van der Waals surface area contributed by atoms with Crippen molar-refractivity contribution in [3.05, 3.63) is 46.2 Å². The molecule has 1 amide bonds. The van der Waals surface area contributed by atoms with Crippen molar-refractivity contribution >= 4 is 44.6 Å². The van der Waals surface area contributed by atoms with E-state index in [2.05, 4.69) is 28.9 Å². The van der Waals surface area contributed by atoms with E-state index in [4.69, 9.17) is 10.7 Å². The molecule has 0 unspecified atom stereocenters. The molecule has 0 bridgehead atoms. The summed E-state index contributed by atoms with van der Waals surface area (Å²) in [4.78, 5) is 15.3. The van der Waals surface area contributed by atoms with Crippen molar-refractivity contribution in [1.82, 2.24) is 10.2 Å². The van der Waals surface area contributed by atoms with Crippen molar-refractivity contribution < 1.29 is 4.79 Å². The van der Waals surface area contributed by atoms with Crippen LogP contribution in [0.1, 0.15) is 23.8 Å². The number of benzene rings is 1. The first-order valence-corrected chi connectivity index (χ1v) is 9.76. The predicted octanol–water partition coefficient (Wildman–Crippen LogP) is 4.10. The number of hydrogen-bond donors (Lipinski definition) is 2. The van der Waals surface area contributed by atoms with Crippen molar-refractivity contribution in [1.29, 1.82) is 10.7 Å². The van der Waals surface area contributed by atoms with E-state index in [1.807, 2.05) is 25.1 Å². The summed E-state index contributed by atoms with van der Waals surface area (Å²) < 4.78 is 1.16. The molecule has 2 aromatic heterocycles. The predicted molar refractivity (Wildman–Crippen MR) is 105 cm³/mol. The van der Waals surface area contributed by atoms with Crippen molar-refractivity contribution in [3.8, 4) is 16.5 Å². The summed E-state index contributed by atoms with van der Waals surface area (Å²) in [5, 5.41) is 23.5. The third-order valence-corrected chi connectivity index (χ3v) is 6.79. The second-order valence-electron chi connectivity index (χ2n) is 6.57. The van der Waals surface area contributed by atoms with E-state index in [0.29, 0.717) is 11.3 Å². The van der Waals surface area contributed by atoms with Gasteiger partial charge in [0.25, 0.3) is 0 Å². The Morgan fingerprint density at radius 1 is 1.35 bits per heavy atom. The van der Waals surface area contributed by atoms with Gasteiger partial charge in [0, 0.05) is 33.0 Å². The number of guanidine groups is 1. The first kappa shape index (κ1) is 16.8. The van der Waals surface area contributed by atoms with Gasteiger partial charge in [0.05, 0.1) is 12.0 Å². The van der Waals surface area contributed by atoms with Gasteiger partial charge in [-0.3, -0.25) is 15.1 Å². The largest absolute Gasteiger partial charge is 0.346 e. The van der Waals surface area contributed by atoms with E-state index >= 15 is 0 Å². The molecule has 0 spiro atoms. The zero-order valence-electron chi connectivity index (χ0n) is 14.3. The highest BCUT2D eigenvalue weighted by Crippen LogP contribution is 2.40. The van der Waals surface area contributed by atoms with Gasteiger partial charge in [-0.2, -0.15) is 5.26 Å². The lowest BCUT2D eigenvalue weighted by molar-refractivity contribution is -0.129. The summed E-state index contributed by atoms with van der Waals surface area (Å²) in [6.45, 7) is 1.96. The molecule has 1 aliphatic rings. The SMILES string of the molecule is CN1C(=N)N[C@@](C)(c2ccc3scc(-c4ccc(C#N)s4)c3c2)CC1=O. The van der Waals surface area contributed by atoms with Crippen molar-refractivity contribution in [2.45, 2.75) is 18.9 Å². The maximum absolute atomic E-state index is 12.2. The van der Waals surface area contributed by atoms with Crippen LogP contribution in [0.3, 0.4) is 0 Å². The number of nitriles is 1. The molecule has 1 saturated heterocycles. The van der Waals surface area contributed by atoms with E-state index in [0.717, 1.165) is 26.1 Å². The van der Waals surface area contributed by atoms with Gasteiger partial charge in [-0.05, 0) is 36.8 Å². The molecule has 1 aliphatic heterocycles. The quantitative estimate of drug-likeness (QED) is 0.702. The molecular weight excluding hydrogens is 364 g/mol. The Morgan fingerprint density at radius 3 is 2.85 bits per heavy atom. The number of fused-ring (bicyclic) bond motifs is 1. The van der Waals surface area contributed by atoms with Crippen LogP contribution in [0.4, 0.5) is 0 Å². The van der Waals surface area contributed by atoms with Crippen molar-refractivity contribution in [3.63, 3.8) is 0 Å². The lowest BCUT2D eigenvalue weighted by Crippen LogP contribution is -2.58. The fraction of sp³-hybridized carbons (Fsp3) is 0.211. The number of rotatable bonds is 2. The van der Waals surface area contributed by atoms with Gasteiger partial charge in [-0.1, -0.05) is 6.07 Å². The Hall–Kier alpha value is -2.69. The van der Waals surface area contributed by atoms with E-state index in [1.54, 1.807) is 18.4 Å². The summed E-state index contributed by atoms with van der Waals surface area (Å²) in [6, 6.07) is 12.2. The average Bonchev–Trinajstić information content (AvgIpc) is 3.25. The number of hydrogen-bond acceptors (Lipinski definition) is 5. The number of amides is 1. The van der Waals surface area contributed by atoms with Crippen LogP contribution in [0.25, 0.3) is 20.5 Å². The van der Waals surface area contributed by atoms with Crippen LogP contribution in [-0.2, 0) is 10.3 Å². The van der Waals surface area contributed by atoms with Crippen molar-refractivity contribution in [2.24, 2.45) is 0 Å². The average molecular weight is 380 g/mol. The Balaban J connectivity index is 1.80. The van der Waals surface area contributed by atoms with Gasteiger partial charge in [0.15, 0.2) is 5.96 Å². The van der Waals surface area contributed by atoms with Gasteiger partial charge in [-0.15, -0.1) is 22.7 Å². The van der Waals surface area contributed by atoms with Gasteiger partial charge in [0.2, 0.25) is 5.91 Å². The minimum absolute atomic E-state index is 0.0705. The van der Waals surface area contributed by atoms with Gasteiger partial charge in [0.1, 0.15) is 10.9 Å². The molecule has 3 aromatic rings. The number of carbonyl (C=O) groups is 1. The molecule has 7 heteroatoms. The monoisotopic (exact) mass is 380 g/mol. The molecule has 0 radical (unpaired) electrons. The molecule has 2 N–H and O–H groups in total. The Bertz CT molecular complexity index is 1070. The molecule has 26 heavy (non-hydrogen) atoms. The Kier molecular flexibility index (Phi) is 3.83. The van der Waals surface area contributed by atoms with E-state index in [-0.39, 0.29) is 11.9 Å². The second kappa shape index (κ2) is 5.94.